The van der Waals surface area contributed by atoms with Gasteiger partial charge in [-0.25, -0.2) is 0 Å². The molecule has 1 aliphatic heterocycles. The number of hydrogen-bond donors (Lipinski definition) is 1. The Morgan fingerprint density at radius 2 is 1.81 bits per heavy atom. The van der Waals surface area contributed by atoms with Crippen molar-refractivity contribution < 1.29 is 14.4 Å². The fraction of sp³-hybridized carbons (Fsp3) is 0.438. The van der Waals surface area contributed by atoms with Crippen molar-refractivity contribution in [2.75, 3.05) is 0 Å². The molecule has 0 unspecified atom stereocenters. The van der Waals surface area contributed by atoms with Crippen molar-refractivity contribution >= 4 is 23.5 Å². The van der Waals surface area contributed by atoms with E-state index in [4.69, 9.17) is 9.31 Å². The van der Waals surface area contributed by atoms with Crippen molar-refractivity contribution in [2.24, 2.45) is 0 Å². The van der Waals surface area contributed by atoms with Crippen LogP contribution in [-0.2, 0) is 15.9 Å². The highest BCUT2D eigenvalue weighted by Crippen LogP contribution is 2.36. The second-order valence-corrected chi connectivity index (χ2v) is 6.50. The third kappa shape index (κ3) is 2.35. The average Bonchev–Trinajstić information content (AvgIpc) is 2.66. The lowest BCUT2D eigenvalue weighted by atomic mass is 9.77. The quantitative estimate of drug-likeness (QED) is 0.858. The van der Waals surface area contributed by atoms with Gasteiger partial charge in [-0.05, 0) is 39.2 Å². The van der Waals surface area contributed by atoms with Crippen LogP contribution < -0.4 is 5.46 Å². The van der Waals surface area contributed by atoms with Gasteiger partial charge in [0.2, 0.25) is 0 Å². The monoisotopic (exact) mass is 285 g/mol. The van der Waals surface area contributed by atoms with Gasteiger partial charge in [0.15, 0.2) is 0 Å². The zero-order chi connectivity index (χ0) is 15.3. The molecule has 1 fully saturated rings. The second-order valence-electron chi connectivity index (χ2n) is 6.50. The molecular weight excluding hydrogens is 265 g/mol. The normalized spacial score (nSPS) is 20.1. The summed E-state index contributed by atoms with van der Waals surface area (Å²) in [7, 11) is -0.426. The highest BCUT2D eigenvalue weighted by Gasteiger charge is 2.51. The molecule has 2 aromatic rings. The highest BCUT2D eigenvalue weighted by atomic mass is 16.7. The van der Waals surface area contributed by atoms with Gasteiger partial charge in [-0.3, -0.25) is 4.98 Å². The number of pyridine rings is 1. The van der Waals surface area contributed by atoms with E-state index in [-0.39, 0.29) is 17.8 Å². The maximum absolute atomic E-state index is 9.59. The largest absolute Gasteiger partial charge is 0.494 e. The smallest absolute Gasteiger partial charge is 0.399 e. The van der Waals surface area contributed by atoms with Crippen molar-refractivity contribution in [1.29, 1.82) is 0 Å². The fourth-order valence-corrected chi connectivity index (χ4v) is 2.53. The minimum Gasteiger partial charge on any atom is -0.399 e. The summed E-state index contributed by atoms with van der Waals surface area (Å²) in [5.41, 5.74) is 1.78. The molecule has 1 aromatic carbocycles. The third-order valence-electron chi connectivity index (χ3n) is 4.50. The lowest BCUT2D eigenvalue weighted by Gasteiger charge is -2.32. The lowest BCUT2D eigenvalue weighted by molar-refractivity contribution is 0.00578. The minimum absolute atomic E-state index is 0.0547. The molecule has 0 aliphatic carbocycles. The number of nitrogens with zero attached hydrogens (tertiary/aromatic N) is 1. The summed E-state index contributed by atoms with van der Waals surface area (Å²) in [6, 6.07) is 7.80. The van der Waals surface area contributed by atoms with E-state index in [2.05, 4.69) is 4.98 Å². The summed E-state index contributed by atoms with van der Waals surface area (Å²) in [6.07, 6.45) is 1.73. The van der Waals surface area contributed by atoms with Gasteiger partial charge in [-0.1, -0.05) is 18.2 Å². The summed E-state index contributed by atoms with van der Waals surface area (Å²) in [5, 5.41) is 10.6. The number of aromatic nitrogens is 1. The lowest BCUT2D eigenvalue weighted by Crippen LogP contribution is -2.41. The molecule has 110 valence electrons. The first-order valence-electron chi connectivity index (χ1n) is 7.18. The molecule has 0 amide bonds. The number of aliphatic hydroxyl groups excluding tert-OH is 1. The van der Waals surface area contributed by atoms with Gasteiger partial charge in [-0.15, -0.1) is 0 Å². The standard InChI is InChI=1S/C16H20BNO3/c1-15(2)16(3,4)21-17(20-15)13-8-11-6-5-7-18-14(11)12(9-13)10-19/h5-9,19H,10H2,1-4H3. The van der Waals surface area contributed by atoms with Gasteiger partial charge >= 0.3 is 7.12 Å². The summed E-state index contributed by atoms with van der Waals surface area (Å²) >= 11 is 0. The molecular formula is C16H20BNO3. The molecule has 4 nitrogen and oxygen atoms in total. The van der Waals surface area contributed by atoms with Gasteiger partial charge in [0.05, 0.1) is 23.3 Å². The third-order valence-corrected chi connectivity index (χ3v) is 4.50. The van der Waals surface area contributed by atoms with Crippen molar-refractivity contribution in [3.8, 4) is 0 Å². The van der Waals surface area contributed by atoms with Crippen molar-refractivity contribution in [3.63, 3.8) is 0 Å². The second kappa shape index (κ2) is 4.80. The molecule has 1 aromatic heterocycles. The molecule has 0 spiro atoms. The number of aliphatic hydroxyl groups is 1. The average molecular weight is 285 g/mol. The first-order chi connectivity index (χ1) is 9.84. The Hall–Kier alpha value is -1.43. The molecule has 0 radical (unpaired) electrons. The fourth-order valence-electron chi connectivity index (χ4n) is 2.53. The van der Waals surface area contributed by atoms with Crippen LogP contribution in [0, 0.1) is 0 Å². The van der Waals surface area contributed by atoms with Crippen molar-refractivity contribution in [3.05, 3.63) is 36.0 Å². The van der Waals surface area contributed by atoms with Crippen LogP contribution in [0.15, 0.2) is 30.5 Å². The molecule has 5 heteroatoms. The first kappa shape index (κ1) is 14.5. The zero-order valence-electron chi connectivity index (χ0n) is 12.9. The van der Waals surface area contributed by atoms with Crippen LogP contribution in [0.3, 0.4) is 0 Å². The predicted octanol–water partition coefficient (Wildman–Crippen LogP) is 2.03. The maximum Gasteiger partial charge on any atom is 0.494 e. The molecule has 21 heavy (non-hydrogen) atoms. The Balaban J connectivity index is 2.06. The number of fused-ring (bicyclic) bond motifs is 1. The predicted molar refractivity (Wildman–Crippen MR) is 83.4 cm³/mol. The molecule has 0 bridgehead atoms. The van der Waals surface area contributed by atoms with E-state index in [1.807, 2.05) is 52.0 Å². The Bertz CT molecular complexity index is 668. The van der Waals surface area contributed by atoms with Crippen LogP contribution in [0.2, 0.25) is 0 Å². The van der Waals surface area contributed by atoms with E-state index in [1.54, 1.807) is 6.20 Å². The first-order valence-corrected chi connectivity index (χ1v) is 7.18. The van der Waals surface area contributed by atoms with Crippen LogP contribution in [0.4, 0.5) is 0 Å². The Labute approximate surface area is 125 Å². The van der Waals surface area contributed by atoms with Gasteiger partial charge in [-0.2, -0.15) is 0 Å². The van der Waals surface area contributed by atoms with Crippen LogP contribution in [-0.4, -0.2) is 28.4 Å². The molecule has 3 rings (SSSR count). The van der Waals surface area contributed by atoms with Crippen molar-refractivity contribution in [1.82, 2.24) is 4.98 Å². The van der Waals surface area contributed by atoms with Crippen molar-refractivity contribution in [2.45, 2.75) is 45.5 Å². The molecule has 2 heterocycles. The van der Waals surface area contributed by atoms with E-state index in [0.717, 1.165) is 21.9 Å². The van der Waals surface area contributed by atoms with Crippen LogP contribution in [0.5, 0.6) is 0 Å². The molecule has 1 N–H and O–H groups in total. The summed E-state index contributed by atoms with van der Waals surface area (Å²) in [4.78, 5) is 4.34. The van der Waals surface area contributed by atoms with E-state index in [9.17, 15) is 5.11 Å². The topological polar surface area (TPSA) is 51.6 Å². The summed E-state index contributed by atoms with van der Waals surface area (Å²) in [6.45, 7) is 8.07. The van der Waals surface area contributed by atoms with E-state index in [0.29, 0.717) is 0 Å². The minimum atomic E-state index is -0.426. The van der Waals surface area contributed by atoms with Crippen LogP contribution in [0.1, 0.15) is 33.3 Å². The molecule has 0 saturated carbocycles. The number of rotatable bonds is 2. The molecule has 0 atom stereocenters. The Morgan fingerprint density at radius 1 is 1.14 bits per heavy atom. The van der Waals surface area contributed by atoms with Gasteiger partial charge in [0, 0.05) is 17.1 Å². The van der Waals surface area contributed by atoms with Crippen LogP contribution >= 0.6 is 0 Å². The summed E-state index contributed by atoms with van der Waals surface area (Å²) < 4.78 is 12.1. The number of hydrogen-bond acceptors (Lipinski definition) is 4. The Kier molecular flexibility index (Phi) is 3.32. The zero-order valence-corrected chi connectivity index (χ0v) is 12.9. The van der Waals surface area contributed by atoms with Gasteiger partial charge in [0.25, 0.3) is 0 Å². The molecule has 1 saturated heterocycles. The Morgan fingerprint density at radius 3 is 2.43 bits per heavy atom. The van der Waals surface area contributed by atoms with Gasteiger partial charge < -0.3 is 14.4 Å². The van der Waals surface area contributed by atoms with E-state index >= 15 is 0 Å². The SMILES string of the molecule is CC1(C)OB(c2cc(CO)c3ncccc3c2)OC1(C)C. The maximum atomic E-state index is 9.59. The number of benzene rings is 1. The van der Waals surface area contributed by atoms with Crippen LogP contribution in [0.25, 0.3) is 10.9 Å². The summed E-state index contributed by atoms with van der Waals surface area (Å²) in [5.74, 6) is 0. The van der Waals surface area contributed by atoms with Gasteiger partial charge in [0.1, 0.15) is 0 Å². The highest BCUT2D eigenvalue weighted by molar-refractivity contribution is 6.62. The van der Waals surface area contributed by atoms with E-state index < -0.39 is 7.12 Å². The molecule has 1 aliphatic rings. The van der Waals surface area contributed by atoms with E-state index in [1.165, 1.54) is 0 Å².